The standard InChI is InChI=1S/C19H25N3O4/c1-3-13-6-9-21(10-7-13)18(24)14-4-5-16(26-2)15(12-14)22-11-8-17(23)20-19(22)25/h4-5,12-13H,3,6-11H2,1-2H3,(H,20,23,25). The number of hydrogen-bond acceptors (Lipinski definition) is 4. The highest BCUT2D eigenvalue weighted by Gasteiger charge is 2.28. The smallest absolute Gasteiger partial charge is 0.328 e. The van der Waals surface area contributed by atoms with Gasteiger partial charge in [-0.15, -0.1) is 0 Å². The molecule has 1 aromatic rings. The van der Waals surface area contributed by atoms with Crippen molar-refractivity contribution in [2.45, 2.75) is 32.6 Å². The maximum atomic E-state index is 12.9. The van der Waals surface area contributed by atoms with Crippen LogP contribution < -0.4 is 15.0 Å². The summed E-state index contributed by atoms with van der Waals surface area (Å²) < 4.78 is 5.35. The highest BCUT2D eigenvalue weighted by molar-refractivity contribution is 6.07. The number of piperidine rings is 1. The summed E-state index contributed by atoms with van der Waals surface area (Å²) in [6.45, 7) is 3.97. The Hall–Kier alpha value is -2.57. The Morgan fingerprint density at radius 1 is 1.23 bits per heavy atom. The highest BCUT2D eigenvalue weighted by Crippen LogP contribution is 2.31. The van der Waals surface area contributed by atoms with Gasteiger partial charge in [0.2, 0.25) is 5.91 Å². The third kappa shape index (κ3) is 3.66. The minimum atomic E-state index is -0.493. The average Bonchev–Trinajstić information content (AvgIpc) is 2.67. The van der Waals surface area contributed by atoms with E-state index in [0.29, 0.717) is 22.9 Å². The number of hydrogen-bond donors (Lipinski definition) is 1. The number of carbonyl (C=O) groups is 3. The average molecular weight is 359 g/mol. The molecular formula is C19H25N3O4. The first-order valence-electron chi connectivity index (χ1n) is 9.12. The Morgan fingerprint density at radius 2 is 1.96 bits per heavy atom. The van der Waals surface area contributed by atoms with Gasteiger partial charge in [-0.25, -0.2) is 4.79 Å². The number of likely N-dealkylation sites (tertiary alicyclic amines) is 1. The first-order valence-corrected chi connectivity index (χ1v) is 9.12. The van der Waals surface area contributed by atoms with Gasteiger partial charge >= 0.3 is 6.03 Å². The molecule has 1 N–H and O–H groups in total. The van der Waals surface area contributed by atoms with E-state index in [0.717, 1.165) is 32.4 Å². The molecule has 0 atom stereocenters. The summed E-state index contributed by atoms with van der Waals surface area (Å²) in [5, 5.41) is 2.30. The van der Waals surface area contributed by atoms with Crippen LogP contribution in [0.2, 0.25) is 0 Å². The molecule has 26 heavy (non-hydrogen) atoms. The first kappa shape index (κ1) is 18.2. The number of ether oxygens (including phenoxy) is 1. The molecule has 7 heteroatoms. The van der Waals surface area contributed by atoms with E-state index in [2.05, 4.69) is 12.2 Å². The Morgan fingerprint density at radius 3 is 2.58 bits per heavy atom. The fourth-order valence-electron chi connectivity index (χ4n) is 3.55. The number of carbonyl (C=O) groups excluding carboxylic acids is 3. The fraction of sp³-hybridized carbons (Fsp3) is 0.526. The van der Waals surface area contributed by atoms with E-state index in [9.17, 15) is 14.4 Å². The summed E-state index contributed by atoms with van der Waals surface area (Å²) in [5.41, 5.74) is 1.03. The van der Waals surface area contributed by atoms with Crippen molar-refractivity contribution in [3.05, 3.63) is 23.8 Å². The van der Waals surface area contributed by atoms with E-state index < -0.39 is 6.03 Å². The van der Waals surface area contributed by atoms with Crippen molar-refractivity contribution in [2.75, 3.05) is 31.6 Å². The molecule has 0 radical (unpaired) electrons. The zero-order valence-electron chi connectivity index (χ0n) is 15.3. The van der Waals surface area contributed by atoms with Crippen LogP contribution in [-0.2, 0) is 4.79 Å². The molecule has 0 unspecified atom stereocenters. The lowest BCUT2D eigenvalue weighted by molar-refractivity contribution is -0.120. The van der Waals surface area contributed by atoms with E-state index in [1.165, 1.54) is 12.0 Å². The van der Waals surface area contributed by atoms with Gasteiger partial charge in [0.15, 0.2) is 0 Å². The highest BCUT2D eigenvalue weighted by atomic mass is 16.5. The second-order valence-electron chi connectivity index (χ2n) is 6.79. The van der Waals surface area contributed by atoms with Gasteiger partial charge in [0.1, 0.15) is 5.75 Å². The number of amides is 4. The van der Waals surface area contributed by atoms with Gasteiger partial charge in [0, 0.05) is 31.6 Å². The Labute approximate surface area is 153 Å². The molecule has 2 saturated heterocycles. The van der Waals surface area contributed by atoms with Crippen molar-refractivity contribution in [2.24, 2.45) is 5.92 Å². The van der Waals surface area contributed by atoms with Gasteiger partial charge < -0.3 is 9.64 Å². The third-order valence-electron chi connectivity index (χ3n) is 5.25. The minimum Gasteiger partial charge on any atom is -0.495 e. The Balaban J connectivity index is 1.82. The van der Waals surface area contributed by atoms with Gasteiger partial charge in [-0.05, 0) is 37.0 Å². The maximum absolute atomic E-state index is 12.9. The van der Waals surface area contributed by atoms with E-state index in [1.54, 1.807) is 18.2 Å². The van der Waals surface area contributed by atoms with Crippen LogP contribution in [0.1, 0.15) is 43.0 Å². The van der Waals surface area contributed by atoms with Gasteiger partial charge in [-0.3, -0.25) is 19.8 Å². The second kappa shape index (κ2) is 7.76. The molecule has 2 heterocycles. The number of nitrogens with one attached hydrogen (secondary N) is 1. The summed E-state index contributed by atoms with van der Waals surface area (Å²) in [4.78, 5) is 39.7. The Kier molecular flexibility index (Phi) is 5.44. The predicted octanol–water partition coefficient (Wildman–Crippen LogP) is 2.40. The number of rotatable bonds is 4. The summed E-state index contributed by atoms with van der Waals surface area (Å²) in [5.74, 6) is 0.865. The van der Waals surface area contributed by atoms with E-state index in [1.807, 2.05) is 4.90 Å². The molecule has 2 fully saturated rings. The zero-order chi connectivity index (χ0) is 18.7. The van der Waals surface area contributed by atoms with Crippen LogP contribution in [0.5, 0.6) is 5.75 Å². The molecule has 0 aliphatic carbocycles. The lowest BCUT2D eigenvalue weighted by Gasteiger charge is -2.32. The van der Waals surface area contributed by atoms with Gasteiger partial charge in [0.05, 0.1) is 12.8 Å². The van der Waals surface area contributed by atoms with Crippen molar-refractivity contribution < 1.29 is 19.1 Å². The number of urea groups is 1. The molecule has 0 saturated carbocycles. The quantitative estimate of drug-likeness (QED) is 0.895. The van der Waals surface area contributed by atoms with Crippen LogP contribution in [0.4, 0.5) is 10.5 Å². The number of benzene rings is 1. The monoisotopic (exact) mass is 359 g/mol. The molecule has 0 bridgehead atoms. The lowest BCUT2D eigenvalue weighted by Crippen LogP contribution is -2.49. The fourth-order valence-corrected chi connectivity index (χ4v) is 3.55. The molecule has 7 nitrogen and oxygen atoms in total. The largest absolute Gasteiger partial charge is 0.495 e. The molecule has 2 aliphatic heterocycles. The topological polar surface area (TPSA) is 79.0 Å². The number of imide groups is 1. The van der Waals surface area contributed by atoms with Crippen LogP contribution in [0, 0.1) is 5.92 Å². The van der Waals surface area contributed by atoms with Crippen molar-refractivity contribution >= 4 is 23.5 Å². The van der Waals surface area contributed by atoms with Crippen LogP contribution >= 0.6 is 0 Å². The van der Waals surface area contributed by atoms with E-state index in [4.69, 9.17) is 4.74 Å². The molecule has 0 spiro atoms. The first-order chi connectivity index (χ1) is 12.5. The number of anilines is 1. The Bertz CT molecular complexity index is 711. The molecule has 3 rings (SSSR count). The summed E-state index contributed by atoms with van der Waals surface area (Å²) in [7, 11) is 1.52. The third-order valence-corrected chi connectivity index (χ3v) is 5.25. The van der Waals surface area contributed by atoms with Gasteiger partial charge in [-0.2, -0.15) is 0 Å². The van der Waals surface area contributed by atoms with Gasteiger partial charge in [0.25, 0.3) is 5.91 Å². The normalized spacial score (nSPS) is 18.7. The van der Waals surface area contributed by atoms with Gasteiger partial charge in [-0.1, -0.05) is 13.3 Å². The SMILES string of the molecule is CCC1CCN(C(=O)c2ccc(OC)c(N3CCC(=O)NC3=O)c2)CC1. The predicted molar refractivity (Wildman–Crippen MR) is 97.4 cm³/mol. The van der Waals surface area contributed by atoms with Crippen LogP contribution in [-0.4, -0.2) is 49.5 Å². The van der Waals surface area contributed by atoms with Crippen LogP contribution in [0.15, 0.2) is 18.2 Å². The number of nitrogens with zero attached hydrogens (tertiary/aromatic N) is 2. The maximum Gasteiger partial charge on any atom is 0.328 e. The molecule has 140 valence electrons. The zero-order valence-corrected chi connectivity index (χ0v) is 15.3. The molecule has 2 aliphatic rings. The number of methoxy groups -OCH3 is 1. The summed E-state index contributed by atoms with van der Waals surface area (Å²) in [6, 6.07) is 4.62. The molecule has 1 aromatic carbocycles. The van der Waals surface area contributed by atoms with Crippen molar-refractivity contribution in [3.8, 4) is 5.75 Å². The van der Waals surface area contributed by atoms with Crippen molar-refractivity contribution in [1.29, 1.82) is 0 Å². The van der Waals surface area contributed by atoms with Crippen LogP contribution in [0.25, 0.3) is 0 Å². The lowest BCUT2D eigenvalue weighted by atomic mass is 9.94. The van der Waals surface area contributed by atoms with Crippen molar-refractivity contribution in [3.63, 3.8) is 0 Å². The molecular weight excluding hydrogens is 334 g/mol. The van der Waals surface area contributed by atoms with E-state index >= 15 is 0 Å². The van der Waals surface area contributed by atoms with Crippen molar-refractivity contribution in [1.82, 2.24) is 10.2 Å². The minimum absolute atomic E-state index is 0.0306. The summed E-state index contributed by atoms with van der Waals surface area (Å²) in [6.07, 6.45) is 3.43. The molecule has 0 aromatic heterocycles. The second-order valence-corrected chi connectivity index (χ2v) is 6.79. The van der Waals surface area contributed by atoms with E-state index in [-0.39, 0.29) is 24.8 Å². The molecule has 4 amide bonds. The summed E-state index contributed by atoms with van der Waals surface area (Å²) >= 11 is 0. The van der Waals surface area contributed by atoms with Crippen LogP contribution in [0.3, 0.4) is 0 Å².